The van der Waals surface area contributed by atoms with Gasteiger partial charge in [-0.1, -0.05) is 12.8 Å². The first-order valence-corrected chi connectivity index (χ1v) is 7.86. The van der Waals surface area contributed by atoms with Crippen molar-refractivity contribution in [2.45, 2.75) is 38.0 Å². The van der Waals surface area contributed by atoms with Crippen LogP contribution in [0.1, 0.15) is 30.4 Å². The van der Waals surface area contributed by atoms with Gasteiger partial charge in [-0.05, 0) is 43.4 Å². The van der Waals surface area contributed by atoms with E-state index in [4.69, 9.17) is 5.73 Å². The summed E-state index contributed by atoms with van der Waals surface area (Å²) >= 11 is 0. The fraction of sp³-hybridized carbons (Fsp3) is 0.538. The van der Waals surface area contributed by atoms with Gasteiger partial charge in [-0.2, -0.15) is 0 Å². The van der Waals surface area contributed by atoms with E-state index in [0.29, 0.717) is 18.0 Å². The molecule has 0 aliphatic heterocycles. The van der Waals surface area contributed by atoms with E-state index in [1.165, 1.54) is 19.8 Å². The first-order valence-electron chi connectivity index (χ1n) is 6.37. The summed E-state index contributed by atoms with van der Waals surface area (Å²) in [5.41, 5.74) is 6.12. The number of sulfonamides is 1. The summed E-state index contributed by atoms with van der Waals surface area (Å²) in [5, 5.41) is 0. The fourth-order valence-corrected chi connectivity index (χ4v) is 3.75. The van der Waals surface area contributed by atoms with Crippen molar-refractivity contribution < 1.29 is 12.8 Å². The van der Waals surface area contributed by atoms with Gasteiger partial charge in [0.15, 0.2) is 0 Å². The third kappa shape index (κ3) is 3.06. The molecular weight excluding hydrogens is 267 g/mol. The van der Waals surface area contributed by atoms with E-state index in [1.54, 1.807) is 6.92 Å². The number of nitrogens with one attached hydrogen (secondary N) is 1. The molecule has 0 bridgehead atoms. The summed E-state index contributed by atoms with van der Waals surface area (Å²) in [6, 6.07) is 1.16. The van der Waals surface area contributed by atoms with Crippen molar-refractivity contribution in [2.75, 3.05) is 12.3 Å². The number of nitrogen functional groups attached to an aromatic ring is 1. The maximum Gasteiger partial charge on any atom is 0.241 e. The topological polar surface area (TPSA) is 72.2 Å². The first-order chi connectivity index (χ1) is 8.83. The Morgan fingerprint density at radius 1 is 1.42 bits per heavy atom. The van der Waals surface area contributed by atoms with E-state index in [-0.39, 0.29) is 16.1 Å². The Morgan fingerprint density at radius 2 is 2.05 bits per heavy atom. The van der Waals surface area contributed by atoms with Gasteiger partial charge in [0.1, 0.15) is 5.82 Å². The lowest BCUT2D eigenvalue weighted by molar-refractivity contribution is 0.573. The van der Waals surface area contributed by atoms with Crippen LogP contribution < -0.4 is 10.5 Å². The Balaban J connectivity index is 2.25. The number of hydrogen-bond donors (Lipinski definition) is 2. The predicted molar refractivity (Wildman–Crippen MR) is 72.8 cm³/mol. The van der Waals surface area contributed by atoms with Gasteiger partial charge in [0.05, 0.1) is 10.6 Å². The smallest absolute Gasteiger partial charge is 0.241 e. The SMILES string of the molecule is Cc1cc(F)c(N)c(C)c1S(=O)(=O)NCCC1CC1. The summed E-state index contributed by atoms with van der Waals surface area (Å²) in [6.07, 6.45) is 3.22. The fourth-order valence-electron chi connectivity index (χ4n) is 2.22. The van der Waals surface area contributed by atoms with Crippen molar-refractivity contribution in [2.24, 2.45) is 5.92 Å². The van der Waals surface area contributed by atoms with Crippen molar-refractivity contribution in [1.82, 2.24) is 4.72 Å². The largest absolute Gasteiger partial charge is 0.396 e. The molecule has 1 saturated carbocycles. The Kier molecular flexibility index (Phi) is 3.82. The van der Waals surface area contributed by atoms with Gasteiger partial charge in [-0.25, -0.2) is 17.5 Å². The molecule has 0 saturated heterocycles. The molecule has 106 valence electrons. The van der Waals surface area contributed by atoms with Gasteiger partial charge in [0, 0.05) is 6.54 Å². The number of hydrogen-bond acceptors (Lipinski definition) is 3. The van der Waals surface area contributed by atoms with Gasteiger partial charge in [-0.15, -0.1) is 0 Å². The standard InChI is InChI=1S/C13H19FN2O2S/c1-8-7-11(14)12(15)9(2)13(8)19(17,18)16-6-5-10-3-4-10/h7,10,16H,3-6,15H2,1-2H3. The van der Waals surface area contributed by atoms with Crippen molar-refractivity contribution in [3.63, 3.8) is 0 Å². The molecule has 4 nitrogen and oxygen atoms in total. The molecule has 1 fully saturated rings. The average Bonchev–Trinajstić information content (AvgIpc) is 3.09. The molecular formula is C13H19FN2O2S. The minimum Gasteiger partial charge on any atom is -0.396 e. The van der Waals surface area contributed by atoms with E-state index in [1.807, 2.05) is 0 Å². The second kappa shape index (κ2) is 5.09. The van der Waals surface area contributed by atoms with E-state index >= 15 is 0 Å². The second-order valence-corrected chi connectivity index (χ2v) is 6.88. The molecule has 0 atom stereocenters. The lowest BCUT2D eigenvalue weighted by atomic mass is 10.1. The average molecular weight is 286 g/mol. The Bertz CT molecular complexity index is 595. The maximum atomic E-state index is 13.4. The van der Waals surface area contributed by atoms with Gasteiger partial charge >= 0.3 is 0 Å². The Labute approximate surface area is 113 Å². The number of nitrogens with two attached hydrogens (primary N) is 1. The van der Waals surface area contributed by atoms with E-state index in [0.717, 1.165) is 12.5 Å². The van der Waals surface area contributed by atoms with Crippen molar-refractivity contribution in [3.05, 3.63) is 23.0 Å². The van der Waals surface area contributed by atoms with Gasteiger partial charge in [0.2, 0.25) is 10.0 Å². The van der Waals surface area contributed by atoms with Crippen LogP contribution in [0.25, 0.3) is 0 Å². The highest BCUT2D eigenvalue weighted by molar-refractivity contribution is 7.89. The molecule has 0 radical (unpaired) electrons. The first kappa shape index (κ1) is 14.3. The van der Waals surface area contributed by atoms with Crippen LogP contribution in [0.3, 0.4) is 0 Å². The zero-order valence-electron chi connectivity index (χ0n) is 11.2. The number of rotatable bonds is 5. The van der Waals surface area contributed by atoms with Crippen LogP contribution in [0.5, 0.6) is 0 Å². The summed E-state index contributed by atoms with van der Waals surface area (Å²) in [4.78, 5) is 0.0993. The highest BCUT2D eigenvalue weighted by atomic mass is 32.2. The molecule has 3 N–H and O–H groups in total. The molecule has 2 rings (SSSR count). The molecule has 0 aromatic heterocycles. The number of aryl methyl sites for hydroxylation is 1. The van der Waals surface area contributed by atoms with Crippen LogP contribution >= 0.6 is 0 Å². The molecule has 1 aliphatic rings. The van der Waals surface area contributed by atoms with E-state index in [9.17, 15) is 12.8 Å². The molecule has 1 aromatic rings. The monoisotopic (exact) mass is 286 g/mol. The molecule has 0 unspecified atom stereocenters. The third-order valence-electron chi connectivity index (χ3n) is 3.51. The molecule has 1 aromatic carbocycles. The molecule has 6 heteroatoms. The molecule has 1 aliphatic carbocycles. The third-order valence-corrected chi connectivity index (χ3v) is 5.26. The maximum absolute atomic E-state index is 13.4. The molecule has 0 amide bonds. The Morgan fingerprint density at radius 3 is 2.63 bits per heavy atom. The second-order valence-electron chi connectivity index (χ2n) is 5.17. The summed E-state index contributed by atoms with van der Waals surface area (Å²) in [6.45, 7) is 3.52. The normalized spacial score (nSPS) is 15.7. The lowest BCUT2D eigenvalue weighted by Gasteiger charge is -2.14. The van der Waals surface area contributed by atoms with Crippen molar-refractivity contribution in [1.29, 1.82) is 0 Å². The predicted octanol–water partition coefficient (Wildman–Crippen LogP) is 2.10. The molecule has 0 spiro atoms. The van der Waals surface area contributed by atoms with Crippen LogP contribution in [0.4, 0.5) is 10.1 Å². The number of halogens is 1. The highest BCUT2D eigenvalue weighted by Crippen LogP contribution is 2.32. The highest BCUT2D eigenvalue weighted by Gasteiger charge is 2.25. The van der Waals surface area contributed by atoms with Crippen LogP contribution in [-0.4, -0.2) is 15.0 Å². The Hall–Kier alpha value is -1.14. The van der Waals surface area contributed by atoms with Gasteiger partial charge in [-0.3, -0.25) is 0 Å². The van der Waals surface area contributed by atoms with Crippen LogP contribution in [0, 0.1) is 25.6 Å². The zero-order valence-corrected chi connectivity index (χ0v) is 12.0. The zero-order chi connectivity index (χ0) is 14.2. The number of benzene rings is 1. The van der Waals surface area contributed by atoms with Crippen LogP contribution in [0.2, 0.25) is 0 Å². The number of anilines is 1. The van der Waals surface area contributed by atoms with E-state index < -0.39 is 15.8 Å². The lowest BCUT2D eigenvalue weighted by Crippen LogP contribution is -2.27. The quantitative estimate of drug-likeness (QED) is 0.814. The van der Waals surface area contributed by atoms with Crippen molar-refractivity contribution >= 4 is 15.7 Å². The van der Waals surface area contributed by atoms with Crippen LogP contribution in [-0.2, 0) is 10.0 Å². The van der Waals surface area contributed by atoms with Gasteiger partial charge < -0.3 is 5.73 Å². The molecule has 0 heterocycles. The van der Waals surface area contributed by atoms with Crippen molar-refractivity contribution in [3.8, 4) is 0 Å². The molecule has 19 heavy (non-hydrogen) atoms. The minimum absolute atomic E-state index is 0.0993. The summed E-state index contributed by atoms with van der Waals surface area (Å²) in [5.74, 6) is 0.0788. The minimum atomic E-state index is -3.63. The van der Waals surface area contributed by atoms with E-state index in [2.05, 4.69) is 4.72 Å². The summed E-state index contributed by atoms with van der Waals surface area (Å²) in [7, 11) is -3.63. The van der Waals surface area contributed by atoms with Gasteiger partial charge in [0.25, 0.3) is 0 Å². The van der Waals surface area contributed by atoms with Crippen LogP contribution in [0.15, 0.2) is 11.0 Å². The summed E-state index contributed by atoms with van der Waals surface area (Å²) < 4.78 is 40.5.